The van der Waals surface area contributed by atoms with Crippen LogP contribution in [0.4, 0.5) is 0 Å². The number of hydrogen-bond donors (Lipinski definition) is 1. The zero-order valence-corrected chi connectivity index (χ0v) is 13.5. The quantitative estimate of drug-likeness (QED) is 0.879. The smallest absolute Gasteiger partial charge is 0.220 e. The highest BCUT2D eigenvalue weighted by Gasteiger charge is 2.57. The monoisotopic (exact) mass is 308 g/mol. The van der Waals surface area contributed by atoms with Crippen molar-refractivity contribution in [3.05, 3.63) is 16.6 Å². The number of amides is 1. The van der Waals surface area contributed by atoms with E-state index in [1.807, 2.05) is 10.9 Å². The fourth-order valence-electron chi connectivity index (χ4n) is 3.96. The first-order valence-electron chi connectivity index (χ1n) is 8.02. The number of nitrogens with one attached hydrogen (secondary N) is 1. The summed E-state index contributed by atoms with van der Waals surface area (Å²) in [6.45, 7) is 2.83. The minimum atomic E-state index is 0.161. The second-order valence-corrected chi connectivity index (χ2v) is 6.94. The van der Waals surface area contributed by atoms with Crippen LogP contribution in [0.2, 0.25) is 0 Å². The van der Waals surface area contributed by atoms with E-state index in [1.165, 1.54) is 25.7 Å². The van der Waals surface area contributed by atoms with Crippen LogP contribution in [-0.4, -0.2) is 29.6 Å². The van der Waals surface area contributed by atoms with Gasteiger partial charge in [0.1, 0.15) is 0 Å². The normalized spacial score (nSPS) is 26.7. The number of hydrogen-bond acceptors (Lipinski definition) is 4. The van der Waals surface area contributed by atoms with Gasteiger partial charge >= 0.3 is 0 Å². The van der Waals surface area contributed by atoms with Crippen LogP contribution in [0.5, 0.6) is 0 Å². The van der Waals surface area contributed by atoms with E-state index in [4.69, 9.17) is 4.74 Å². The van der Waals surface area contributed by atoms with Crippen LogP contribution in [-0.2, 0) is 16.0 Å². The van der Waals surface area contributed by atoms with Crippen LogP contribution in [0.1, 0.15) is 51.1 Å². The van der Waals surface area contributed by atoms with Gasteiger partial charge in [-0.15, -0.1) is 11.3 Å². The first-order chi connectivity index (χ1) is 10.2. The minimum Gasteiger partial charge on any atom is -0.378 e. The highest BCUT2D eigenvalue weighted by Crippen LogP contribution is 2.54. The van der Waals surface area contributed by atoms with Gasteiger partial charge in [-0.25, -0.2) is 4.98 Å². The van der Waals surface area contributed by atoms with Crippen molar-refractivity contribution >= 4 is 17.2 Å². The third-order valence-corrected chi connectivity index (χ3v) is 5.75. The SMILES string of the molecule is CCO[C@@H]1C[C@H](NC(=O)CCc2cscn2)C12CCCC2. The van der Waals surface area contributed by atoms with Crippen molar-refractivity contribution in [2.24, 2.45) is 5.41 Å². The van der Waals surface area contributed by atoms with Crippen molar-refractivity contribution in [1.29, 1.82) is 0 Å². The van der Waals surface area contributed by atoms with Crippen LogP contribution in [0.3, 0.4) is 0 Å². The van der Waals surface area contributed by atoms with Crippen molar-refractivity contribution in [2.75, 3.05) is 6.61 Å². The van der Waals surface area contributed by atoms with Crippen molar-refractivity contribution in [3.8, 4) is 0 Å². The molecule has 1 heterocycles. The van der Waals surface area contributed by atoms with Crippen molar-refractivity contribution < 1.29 is 9.53 Å². The molecule has 4 nitrogen and oxygen atoms in total. The fourth-order valence-corrected chi connectivity index (χ4v) is 4.55. The van der Waals surface area contributed by atoms with Gasteiger partial charge in [0.2, 0.25) is 5.91 Å². The molecule has 1 N–H and O–H groups in total. The third-order valence-electron chi connectivity index (χ3n) is 5.11. The highest BCUT2D eigenvalue weighted by molar-refractivity contribution is 7.07. The lowest BCUT2D eigenvalue weighted by atomic mass is 9.60. The summed E-state index contributed by atoms with van der Waals surface area (Å²) in [5.74, 6) is 0.161. The molecule has 2 saturated carbocycles. The molecule has 2 aliphatic carbocycles. The number of aryl methyl sites for hydroxylation is 1. The average Bonchev–Trinajstić information content (AvgIpc) is 3.16. The van der Waals surface area contributed by atoms with Crippen molar-refractivity contribution in [1.82, 2.24) is 10.3 Å². The van der Waals surface area contributed by atoms with Gasteiger partial charge in [-0.3, -0.25) is 4.79 Å². The Morgan fingerprint density at radius 2 is 2.33 bits per heavy atom. The zero-order chi connectivity index (χ0) is 14.7. The number of aromatic nitrogens is 1. The van der Waals surface area contributed by atoms with Gasteiger partial charge in [-0.05, 0) is 32.6 Å². The molecule has 0 aromatic carbocycles. The first-order valence-corrected chi connectivity index (χ1v) is 8.97. The molecule has 1 aromatic rings. The number of rotatable bonds is 6. The minimum absolute atomic E-state index is 0.161. The summed E-state index contributed by atoms with van der Waals surface area (Å²) < 4.78 is 5.89. The molecular weight excluding hydrogens is 284 g/mol. The summed E-state index contributed by atoms with van der Waals surface area (Å²) in [7, 11) is 0. The lowest BCUT2D eigenvalue weighted by molar-refractivity contribution is -0.144. The second-order valence-electron chi connectivity index (χ2n) is 6.22. The van der Waals surface area contributed by atoms with E-state index in [2.05, 4.69) is 17.2 Å². The van der Waals surface area contributed by atoms with Gasteiger partial charge in [0.05, 0.1) is 17.3 Å². The molecule has 5 heteroatoms. The molecule has 0 unspecified atom stereocenters. The van der Waals surface area contributed by atoms with Gasteiger partial charge in [-0.1, -0.05) is 12.8 Å². The van der Waals surface area contributed by atoms with Crippen LogP contribution in [0.25, 0.3) is 0 Å². The Morgan fingerprint density at radius 3 is 3.00 bits per heavy atom. The molecule has 1 aromatic heterocycles. The van der Waals surface area contributed by atoms with Crippen molar-refractivity contribution in [3.63, 3.8) is 0 Å². The van der Waals surface area contributed by atoms with E-state index in [0.717, 1.165) is 25.1 Å². The Kier molecular flexibility index (Phi) is 4.60. The first kappa shape index (κ1) is 15.0. The maximum atomic E-state index is 12.2. The predicted octanol–water partition coefficient (Wildman–Crippen LogP) is 2.93. The standard InChI is InChI=1S/C16H24N2O2S/c1-2-20-14-9-13(16(14)7-3-4-8-16)18-15(19)6-5-12-10-21-11-17-12/h10-11,13-14H,2-9H2,1H3,(H,18,19)/t13-,14+/m0/s1. The van der Waals surface area contributed by atoms with Gasteiger partial charge in [0, 0.05) is 29.9 Å². The molecule has 2 aliphatic rings. The molecule has 116 valence electrons. The number of thiazole rings is 1. The Bertz CT molecular complexity index is 469. The topological polar surface area (TPSA) is 51.2 Å². The maximum absolute atomic E-state index is 12.2. The maximum Gasteiger partial charge on any atom is 0.220 e. The molecule has 1 spiro atoms. The highest BCUT2D eigenvalue weighted by atomic mass is 32.1. The van der Waals surface area contributed by atoms with Gasteiger partial charge in [0.25, 0.3) is 0 Å². The molecule has 0 bridgehead atoms. The Labute approximate surface area is 130 Å². The summed E-state index contributed by atoms with van der Waals surface area (Å²) in [5.41, 5.74) is 3.07. The molecule has 0 saturated heterocycles. The molecule has 2 fully saturated rings. The molecule has 0 aliphatic heterocycles. The average molecular weight is 308 g/mol. The molecule has 0 radical (unpaired) electrons. The third kappa shape index (κ3) is 2.99. The molecule has 1 amide bonds. The Balaban J connectivity index is 1.51. The summed E-state index contributed by atoms with van der Waals surface area (Å²) >= 11 is 1.58. The molecule has 2 atom stereocenters. The van der Waals surface area contributed by atoms with Crippen LogP contribution >= 0.6 is 11.3 Å². The predicted molar refractivity (Wildman–Crippen MR) is 83.3 cm³/mol. The summed E-state index contributed by atoms with van der Waals surface area (Å²) in [6, 6.07) is 0.319. The zero-order valence-electron chi connectivity index (χ0n) is 12.6. The van der Waals surface area contributed by atoms with Gasteiger partial charge in [0.15, 0.2) is 0 Å². The van der Waals surface area contributed by atoms with E-state index in [0.29, 0.717) is 18.6 Å². The summed E-state index contributed by atoms with van der Waals surface area (Å²) in [6.07, 6.45) is 7.57. The number of carbonyl (C=O) groups excluding carboxylic acids is 1. The van der Waals surface area contributed by atoms with E-state index in [9.17, 15) is 4.79 Å². The fraction of sp³-hybridized carbons (Fsp3) is 0.750. The lowest BCUT2D eigenvalue weighted by Crippen LogP contribution is -2.63. The van der Waals surface area contributed by atoms with E-state index < -0.39 is 0 Å². The van der Waals surface area contributed by atoms with Crippen LogP contribution in [0, 0.1) is 5.41 Å². The van der Waals surface area contributed by atoms with Crippen molar-refractivity contribution in [2.45, 2.75) is 64.0 Å². The number of carbonyl (C=O) groups is 1. The van der Waals surface area contributed by atoms with Crippen LogP contribution in [0.15, 0.2) is 10.9 Å². The van der Waals surface area contributed by atoms with Gasteiger partial charge in [-0.2, -0.15) is 0 Å². The van der Waals surface area contributed by atoms with Crippen LogP contribution < -0.4 is 5.32 Å². The molecule has 21 heavy (non-hydrogen) atoms. The summed E-state index contributed by atoms with van der Waals surface area (Å²) in [5, 5.41) is 5.27. The molecule has 3 rings (SSSR count). The Morgan fingerprint density at radius 1 is 1.52 bits per heavy atom. The second kappa shape index (κ2) is 6.44. The van der Waals surface area contributed by atoms with E-state index >= 15 is 0 Å². The summed E-state index contributed by atoms with van der Waals surface area (Å²) in [4.78, 5) is 16.4. The number of ether oxygens (including phenoxy) is 1. The van der Waals surface area contributed by atoms with E-state index in [1.54, 1.807) is 11.3 Å². The lowest BCUT2D eigenvalue weighted by Gasteiger charge is -2.54. The Hall–Kier alpha value is -0.940. The number of nitrogens with zero attached hydrogens (tertiary/aromatic N) is 1. The van der Waals surface area contributed by atoms with Gasteiger partial charge < -0.3 is 10.1 Å². The largest absolute Gasteiger partial charge is 0.378 e. The molecular formula is C16H24N2O2S. The van der Waals surface area contributed by atoms with E-state index in [-0.39, 0.29) is 11.3 Å².